The quantitative estimate of drug-likeness (QED) is 0.475. The lowest BCUT2D eigenvalue weighted by Gasteiger charge is -2.14. The summed E-state index contributed by atoms with van der Waals surface area (Å²) in [4.78, 5) is 33.0. The maximum absolute atomic E-state index is 11.5. The monoisotopic (exact) mass is 378 g/mol. The van der Waals surface area contributed by atoms with Gasteiger partial charge in [-0.1, -0.05) is 34.8 Å². The van der Waals surface area contributed by atoms with Crippen molar-refractivity contribution >= 4 is 64.4 Å². The Labute approximate surface area is 139 Å². The number of hydrogen-bond donors (Lipinski definition) is 4. The first-order valence-electron chi connectivity index (χ1n) is 5.49. The van der Waals surface area contributed by atoms with Crippen LogP contribution in [0.1, 0.15) is 12.8 Å². The fourth-order valence-corrected chi connectivity index (χ4v) is 2.23. The number of nitrogens with one attached hydrogen (secondary N) is 1. The van der Waals surface area contributed by atoms with Crippen LogP contribution in [0.5, 0.6) is 0 Å². The Bertz CT molecular complexity index is 442. The van der Waals surface area contributed by atoms with Crippen molar-refractivity contribution in [1.29, 1.82) is 0 Å². The lowest BCUT2D eigenvalue weighted by atomic mass is 10.1. The van der Waals surface area contributed by atoms with Gasteiger partial charge in [0.2, 0.25) is 5.91 Å². The van der Waals surface area contributed by atoms with Crippen LogP contribution in [0.4, 0.5) is 0 Å². The van der Waals surface area contributed by atoms with Crippen molar-refractivity contribution in [2.45, 2.75) is 24.9 Å². The van der Waals surface area contributed by atoms with E-state index < -0.39 is 29.9 Å². The zero-order valence-electron chi connectivity index (χ0n) is 10.5. The van der Waals surface area contributed by atoms with Crippen molar-refractivity contribution in [3.63, 3.8) is 0 Å². The second-order valence-electron chi connectivity index (χ2n) is 3.79. The van der Waals surface area contributed by atoms with Crippen LogP contribution < -0.4 is 11.1 Å². The lowest BCUT2D eigenvalue weighted by Crippen LogP contribution is -2.43. The minimum Gasteiger partial charge on any atom is -0.480 e. The average Bonchev–Trinajstić information content (AvgIpc) is 2.39. The molecule has 0 aliphatic carbocycles. The smallest absolute Gasteiger partial charge is 0.327 e. The number of rotatable bonds is 9. The van der Waals surface area contributed by atoms with Crippen molar-refractivity contribution in [2.24, 2.45) is 5.73 Å². The summed E-state index contributed by atoms with van der Waals surface area (Å²) in [6, 6.07) is -2.40. The van der Waals surface area contributed by atoms with Crippen molar-refractivity contribution in [3.05, 3.63) is 8.86 Å². The number of carboxylic acid groups (broad SMARTS) is 2. The van der Waals surface area contributed by atoms with E-state index in [4.69, 9.17) is 50.7 Å². The minimum atomic E-state index is -1.27. The molecular weight excluding hydrogens is 367 g/mol. The Morgan fingerprint density at radius 2 is 1.71 bits per heavy atom. The second kappa shape index (κ2) is 10.1. The molecular formula is C10H13Cl3N2O5S. The molecule has 0 bridgehead atoms. The van der Waals surface area contributed by atoms with E-state index >= 15 is 0 Å². The molecule has 0 aromatic rings. The molecule has 0 aliphatic rings. The fourth-order valence-electron chi connectivity index (χ4n) is 1.06. The highest BCUT2D eigenvalue weighted by atomic mass is 35.5. The van der Waals surface area contributed by atoms with Gasteiger partial charge in [0.05, 0.1) is 0 Å². The van der Waals surface area contributed by atoms with E-state index in [-0.39, 0.29) is 27.5 Å². The van der Waals surface area contributed by atoms with Crippen molar-refractivity contribution < 1.29 is 24.6 Å². The van der Waals surface area contributed by atoms with Gasteiger partial charge in [-0.15, -0.1) is 11.8 Å². The summed E-state index contributed by atoms with van der Waals surface area (Å²) in [5.41, 5.74) is 5.23. The topological polar surface area (TPSA) is 130 Å². The van der Waals surface area contributed by atoms with Gasteiger partial charge in [0, 0.05) is 12.2 Å². The molecule has 2 atom stereocenters. The van der Waals surface area contributed by atoms with E-state index in [1.807, 2.05) is 0 Å². The van der Waals surface area contributed by atoms with Crippen LogP contribution in [-0.2, 0) is 14.4 Å². The largest absolute Gasteiger partial charge is 0.480 e. The summed E-state index contributed by atoms with van der Waals surface area (Å²) >= 11 is 17.3. The minimum absolute atomic E-state index is 0.00623. The van der Waals surface area contributed by atoms with Crippen LogP contribution in [0, 0.1) is 0 Å². The van der Waals surface area contributed by atoms with Gasteiger partial charge in [-0.25, -0.2) is 4.79 Å². The van der Waals surface area contributed by atoms with Crippen LogP contribution in [0.3, 0.4) is 0 Å². The zero-order chi connectivity index (χ0) is 16.6. The van der Waals surface area contributed by atoms with E-state index in [1.54, 1.807) is 0 Å². The normalized spacial score (nSPS) is 13.1. The van der Waals surface area contributed by atoms with E-state index in [0.717, 1.165) is 11.8 Å². The molecule has 120 valence electrons. The van der Waals surface area contributed by atoms with Crippen LogP contribution >= 0.6 is 46.6 Å². The Kier molecular flexibility index (Phi) is 9.80. The number of carbonyl (C=O) groups is 3. The second-order valence-corrected chi connectivity index (χ2v) is 6.37. The van der Waals surface area contributed by atoms with Gasteiger partial charge in [0.15, 0.2) is 0 Å². The fraction of sp³-hybridized carbons (Fsp3) is 0.500. The predicted molar refractivity (Wildman–Crippen MR) is 81.5 cm³/mol. The van der Waals surface area contributed by atoms with E-state index in [9.17, 15) is 14.4 Å². The van der Waals surface area contributed by atoms with Crippen LogP contribution in [0.2, 0.25) is 0 Å². The SMILES string of the molecule is NC(CCC(=O)NC(CSC(Cl)=C(Cl)Cl)C(=O)O)C(=O)O. The molecule has 0 saturated heterocycles. The third kappa shape index (κ3) is 9.05. The van der Waals surface area contributed by atoms with E-state index in [0.29, 0.717) is 0 Å². The van der Waals surface area contributed by atoms with Crippen LogP contribution in [-0.4, -0.2) is 45.9 Å². The predicted octanol–water partition coefficient (Wildman–Crippen LogP) is 1.32. The number of nitrogens with two attached hydrogens (primary N) is 1. The molecule has 21 heavy (non-hydrogen) atoms. The van der Waals surface area contributed by atoms with Crippen LogP contribution in [0.25, 0.3) is 0 Å². The van der Waals surface area contributed by atoms with Crippen molar-refractivity contribution in [3.8, 4) is 0 Å². The number of carbonyl (C=O) groups excluding carboxylic acids is 1. The molecule has 0 aromatic heterocycles. The molecule has 0 aliphatic heterocycles. The molecule has 0 heterocycles. The summed E-state index contributed by atoms with van der Waals surface area (Å²) in [6.07, 6.45) is -0.309. The first-order chi connectivity index (χ1) is 9.65. The maximum atomic E-state index is 11.5. The van der Waals surface area contributed by atoms with E-state index in [2.05, 4.69) is 5.32 Å². The standard InChI is InChI=1S/C10H13Cl3N2O5S/c11-7(12)8(13)21-3-5(10(19)20)15-6(16)2-1-4(14)9(17)18/h4-5H,1-3,14H2,(H,15,16)(H,17,18)(H,19,20). The summed E-state index contributed by atoms with van der Waals surface area (Å²) < 4.78 is -0.198. The first kappa shape index (κ1) is 20.3. The molecule has 0 spiro atoms. The molecule has 0 saturated carbocycles. The highest BCUT2D eigenvalue weighted by Gasteiger charge is 2.22. The van der Waals surface area contributed by atoms with Crippen molar-refractivity contribution in [2.75, 3.05) is 5.75 Å². The first-order valence-corrected chi connectivity index (χ1v) is 7.61. The zero-order valence-corrected chi connectivity index (χ0v) is 13.6. The summed E-state index contributed by atoms with van der Waals surface area (Å²) in [5.74, 6) is -3.22. The van der Waals surface area contributed by atoms with Gasteiger partial charge in [-0.2, -0.15) is 0 Å². The molecule has 1 amide bonds. The maximum Gasteiger partial charge on any atom is 0.327 e. The molecule has 0 aromatic carbocycles. The third-order valence-electron chi connectivity index (χ3n) is 2.16. The highest BCUT2D eigenvalue weighted by Crippen LogP contribution is 2.29. The average molecular weight is 380 g/mol. The molecule has 2 unspecified atom stereocenters. The molecule has 11 heteroatoms. The summed E-state index contributed by atoms with van der Waals surface area (Å²) in [6.45, 7) is 0. The van der Waals surface area contributed by atoms with E-state index in [1.165, 1.54) is 0 Å². The van der Waals surface area contributed by atoms with Gasteiger partial charge in [0.25, 0.3) is 0 Å². The Hall–Kier alpha value is -0.670. The molecule has 0 radical (unpaired) electrons. The number of aliphatic carboxylic acids is 2. The molecule has 0 rings (SSSR count). The third-order valence-corrected chi connectivity index (χ3v) is 4.43. The van der Waals surface area contributed by atoms with Gasteiger partial charge < -0.3 is 21.3 Å². The highest BCUT2D eigenvalue weighted by molar-refractivity contribution is 8.04. The summed E-state index contributed by atoms with van der Waals surface area (Å²) in [7, 11) is 0. The molecule has 0 fully saturated rings. The number of thioether (sulfide) groups is 1. The number of amides is 1. The Balaban J connectivity index is 4.38. The van der Waals surface area contributed by atoms with Gasteiger partial charge in [0.1, 0.15) is 20.9 Å². The van der Waals surface area contributed by atoms with Gasteiger partial charge in [-0.3, -0.25) is 9.59 Å². The number of hydrogen-bond acceptors (Lipinski definition) is 5. The number of carboxylic acids is 2. The Morgan fingerprint density at radius 3 is 2.14 bits per heavy atom. The van der Waals surface area contributed by atoms with Gasteiger partial charge >= 0.3 is 11.9 Å². The van der Waals surface area contributed by atoms with Gasteiger partial charge in [-0.05, 0) is 6.42 Å². The molecule has 7 nitrogen and oxygen atoms in total. The number of halogens is 3. The van der Waals surface area contributed by atoms with Crippen molar-refractivity contribution in [1.82, 2.24) is 5.32 Å². The lowest BCUT2D eigenvalue weighted by molar-refractivity contribution is -0.141. The summed E-state index contributed by atoms with van der Waals surface area (Å²) in [5, 5.41) is 19.8. The Morgan fingerprint density at radius 1 is 1.14 bits per heavy atom. The van der Waals surface area contributed by atoms with Crippen LogP contribution in [0.15, 0.2) is 8.86 Å². The molecule has 5 N–H and O–H groups in total.